The summed E-state index contributed by atoms with van der Waals surface area (Å²) in [6.45, 7) is 0. The number of aliphatic carboxylic acids is 1. The summed E-state index contributed by atoms with van der Waals surface area (Å²) < 4.78 is 26.6. The van der Waals surface area contributed by atoms with Gasteiger partial charge in [0, 0.05) is 6.07 Å². The van der Waals surface area contributed by atoms with Crippen LogP contribution in [0.25, 0.3) is 0 Å². The van der Waals surface area contributed by atoms with Gasteiger partial charge >= 0.3 is 5.97 Å². The first-order valence-corrected chi connectivity index (χ1v) is 5.59. The zero-order valence-electron chi connectivity index (χ0n) is 9.49. The van der Waals surface area contributed by atoms with E-state index in [-0.39, 0.29) is 5.69 Å². The molecule has 20 heavy (non-hydrogen) atoms. The summed E-state index contributed by atoms with van der Waals surface area (Å²) in [6, 6.07) is 2.89. The lowest BCUT2D eigenvalue weighted by molar-refractivity contribution is -0.131. The van der Waals surface area contributed by atoms with Gasteiger partial charge in [0.05, 0.1) is 22.5 Å². The molecule has 9 heteroatoms. The Bertz CT molecular complexity index is 654. The number of carbonyl (C=O) groups is 1. The molecule has 0 amide bonds. The summed E-state index contributed by atoms with van der Waals surface area (Å²) >= 11 is 10.8. The van der Waals surface area contributed by atoms with Crippen LogP contribution in [0.15, 0.2) is 27.3 Å². The molecule has 0 aliphatic rings. The molecular formula is C11H5Cl2F2N3O2. The Morgan fingerprint density at radius 2 is 2.05 bits per heavy atom. The van der Waals surface area contributed by atoms with Crippen molar-refractivity contribution in [2.45, 2.75) is 0 Å². The summed E-state index contributed by atoms with van der Waals surface area (Å²) in [4.78, 5) is 10.4. The number of carboxylic acids is 1. The van der Waals surface area contributed by atoms with Gasteiger partial charge < -0.3 is 5.11 Å². The van der Waals surface area contributed by atoms with Gasteiger partial charge in [0.1, 0.15) is 22.7 Å². The molecule has 5 nitrogen and oxygen atoms in total. The summed E-state index contributed by atoms with van der Waals surface area (Å²) in [6.07, 6.45) is 0.813. The highest BCUT2D eigenvalue weighted by Crippen LogP contribution is 2.19. The summed E-state index contributed by atoms with van der Waals surface area (Å²) in [5.41, 5.74) is 1.30. The van der Waals surface area contributed by atoms with Gasteiger partial charge in [-0.1, -0.05) is 23.2 Å². The van der Waals surface area contributed by atoms with Gasteiger partial charge in [0.25, 0.3) is 0 Å². The van der Waals surface area contributed by atoms with Crippen LogP contribution in [-0.4, -0.2) is 17.3 Å². The number of hydrogen-bond donors (Lipinski definition) is 2. The topological polar surface area (TPSA) is 85.5 Å². The first-order valence-electron chi connectivity index (χ1n) is 4.83. The predicted molar refractivity (Wildman–Crippen MR) is 69.6 cm³/mol. The molecule has 0 unspecified atom stereocenters. The predicted octanol–water partition coefficient (Wildman–Crippen LogP) is 3.01. The lowest BCUT2D eigenvalue weighted by Crippen LogP contribution is -1.99. The number of nitriles is 1. The molecule has 1 aromatic carbocycles. The summed E-state index contributed by atoms with van der Waals surface area (Å²) in [5, 5.41) is 19.3. The second kappa shape index (κ2) is 6.84. The quantitative estimate of drug-likeness (QED) is 0.507. The molecule has 1 aromatic rings. The Balaban J connectivity index is 2.92. The highest BCUT2D eigenvalue weighted by atomic mass is 35.5. The lowest BCUT2D eigenvalue weighted by atomic mass is 10.2. The van der Waals surface area contributed by atoms with E-state index in [2.05, 4.69) is 10.5 Å². The van der Waals surface area contributed by atoms with Crippen LogP contribution in [0.3, 0.4) is 0 Å². The maximum atomic E-state index is 13.4. The van der Waals surface area contributed by atoms with Crippen molar-refractivity contribution in [1.29, 1.82) is 5.26 Å². The van der Waals surface area contributed by atoms with Crippen molar-refractivity contribution in [2.75, 3.05) is 5.43 Å². The lowest BCUT2D eigenvalue weighted by Gasteiger charge is -2.03. The average molecular weight is 320 g/mol. The van der Waals surface area contributed by atoms with E-state index in [1.807, 2.05) is 0 Å². The third-order valence-electron chi connectivity index (χ3n) is 1.94. The average Bonchev–Trinajstić information content (AvgIpc) is 2.40. The van der Waals surface area contributed by atoms with E-state index in [0.717, 1.165) is 12.3 Å². The number of hydrazone groups is 1. The Kier molecular flexibility index (Phi) is 5.43. The smallest absolute Gasteiger partial charge is 0.348 e. The zero-order chi connectivity index (χ0) is 15.3. The molecular weight excluding hydrogens is 315 g/mol. The third kappa shape index (κ3) is 3.91. The van der Waals surface area contributed by atoms with Gasteiger partial charge in [-0.15, -0.1) is 0 Å². The van der Waals surface area contributed by atoms with E-state index in [1.165, 1.54) is 6.07 Å². The molecule has 0 spiro atoms. The first kappa shape index (κ1) is 15.9. The van der Waals surface area contributed by atoms with Gasteiger partial charge in [-0.2, -0.15) is 10.4 Å². The van der Waals surface area contributed by atoms with Gasteiger partial charge in [0.2, 0.25) is 0 Å². The molecule has 0 saturated carbocycles. The first-order chi connectivity index (χ1) is 9.36. The molecule has 0 aromatic heterocycles. The number of nitrogens with one attached hydrogen (secondary N) is 1. The molecule has 0 saturated heterocycles. The van der Waals surface area contributed by atoms with Crippen LogP contribution in [0.1, 0.15) is 5.56 Å². The molecule has 2 N–H and O–H groups in total. The van der Waals surface area contributed by atoms with Crippen molar-refractivity contribution >= 4 is 41.1 Å². The van der Waals surface area contributed by atoms with Crippen LogP contribution in [-0.2, 0) is 4.79 Å². The van der Waals surface area contributed by atoms with Crippen LogP contribution in [0.5, 0.6) is 0 Å². The Morgan fingerprint density at radius 1 is 1.40 bits per heavy atom. The van der Waals surface area contributed by atoms with E-state index in [0.29, 0.717) is 6.07 Å². The second-order valence-electron chi connectivity index (χ2n) is 3.26. The Hall–Kier alpha value is -2.17. The second-order valence-corrected chi connectivity index (χ2v) is 4.05. The van der Waals surface area contributed by atoms with Gasteiger partial charge in [-0.3, -0.25) is 5.43 Å². The largest absolute Gasteiger partial charge is 0.477 e. The molecule has 0 heterocycles. The Morgan fingerprint density at radius 3 is 2.60 bits per heavy atom. The molecule has 0 aliphatic heterocycles. The minimum atomic E-state index is -1.46. The number of nitrogens with zero attached hydrogens (tertiary/aromatic N) is 2. The summed E-state index contributed by atoms with van der Waals surface area (Å²) in [7, 11) is 0. The fourth-order valence-corrected chi connectivity index (χ4v) is 1.21. The highest BCUT2D eigenvalue weighted by molar-refractivity contribution is 6.51. The molecule has 0 fully saturated rings. The minimum absolute atomic E-state index is 0.353. The molecule has 1 rings (SSSR count). The van der Waals surface area contributed by atoms with Crippen LogP contribution in [0.2, 0.25) is 0 Å². The van der Waals surface area contributed by atoms with Crippen molar-refractivity contribution in [3.05, 3.63) is 39.4 Å². The van der Waals surface area contributed by atoms with Crippen LogP contribution < -0.4 is 5.43 Å². The number of halogens is 4. The van der Waals surface area contributed by atoms with Gasteiger partial charge in [-0.25, -0.2) is 13.6 Å². The van der Waals surface area contributed by atoms with E-state index in [9.17, 15) is 13.6 Å². The fourth-order valence-electron chi connectivity index (χ4n) is 1.04. The van der Waals surface area contributed by atoms with Crippen molar-refractivity contribution in [2.24, 2.45) is 5.10 Å². The number of hydrogen-bond acceptors (Lipinski definition) is 4. The number of anilines is 1. The normalized spacial score (nSPS) is 11.9. The van der Waals surface area contributed by atoms with Gasteiger partial charge in [-0.05, 0) is 6.07 Å². The van der Waals surface area contributed by atoms with E-state index < -0.39 is 33.2 Å². The van der Waals surface area contributed by atoms with Gasteiger partial charge in [0.15, 0.2) is 0 Å². The van der Waals surface area contributed by atoms with E-state index in [4.69, 9.17) is 33.6 Å². The van der Waals surface area contributed by atoms with E-state index >= 15 is 0 Å². The molecule has 0 atom stereocenters. The van der Waals surface area contributed by atoms with E-state index in [1.54, 1.807) is 0 Å². The number of benzene rings is 1. The third-order valence-corrected chi connectivity index (χ3v) is 2.69. The minimum Gasteiger partial charge on any atom is -0.477 e. The number of carboxylic acid groups (broad SMARTS) is 1. The van der Waals surface area contributed by atoms with Crippen LogP contribution in [0, 0.1) is 23.0 Å². The molecule has 0 aliphatic carbocycles. The maximum Gasteiger partial charge on any atom is 0.348 e. The van der Waals surface area contributed by atoms with Crippen molar-refractivity contribution in [1.82, 2.24) is 0 Å². The molecule has 0 radical (unpaired) electrons. The monoisotopic (exact) mass is 319 g/mol. The Labute approximate surface area is 121 Å². The summed E-state index contributed by atoms with van der Waals surface area (Å²) in [5.74, 6) is -3.31. The van der Waals surface area contributed by atoms with Crippen molar-refractivity contribution < 1.29 is 18.7 Å². The highest BCUT2D eigenvalue weighted by Gasteiger charge is 2.10. The maximum absolute atomic E-state index is 13.4. The SMILES string of the molecule is N#Cc1cc(F)c(N/N=C/C(Cl)=C(/Cl)C(=O)O)cc1F. The van der Waals surface area contributed by atoms with Crippen LogP contribution in [0.4, 0.5) is 14.5 Å². The van der Waals surface area contributed by atoms with Crippen molar-refractivity contribution in [3.8, 4) is 6.07 Å². The molecule has 0 bridgehead atoms. The number of allylic oxidation sites excluding steroid dienone is 1. The molecule has 104 valence electrons. The fraction of sp³-hybridized carbons (Fsp3) is 0. The zero-order valence-corrected chi connectivity index (χ0v) is 11.0. The van der Waals surface area contributed by atoms with Crippen LogP contribution >= 0.6 is 23.2 Å². The standard InChI is InChI=1S/C11H5Cl2F2N3O2/c12-6(10(13)11(19)20)4-17-18-9-2-7(14)5(3-16)1-8(9)15/h1-2,4,18H,(H,19,20)/b10-6-,17-4+. The number of rotatable bonds is 4. The van der Waals surface area contributed by atoms with Crippen molar-refractivity contribution in [3.63, 3.8) is 0 Å².